The SMILES string of the molecule is CC(C)C(C)SC1CC(C(C)(C)C)CCC1N. The summed E-state index contributed by atoms with van der Waals surface area (Å²) in [5.74, 6) is 1.60. The number of rotatable bonds is 3. The van der Waals surface area contributed by atoms with E-state index in [0.29, 0.717) is 16.7 Å². The van der Waals surface area contributed by atoms with Crippen LogP contribution in [0.2, 0.25) is 0 Å². The van der Waals surface area contributed by atoms with Crippen LogP contribution < -0.4 is 5.73 Å². The minimum Gasteiger partial charge on any atom is -0.327 e. The fourth-order valence-electron chi connectivity index (χ4n) is 2.53. The van der Waals surface area contributed by atoms with Gasteiger partial charge >= 0.3 is 0 Å². The average molecular weight is 257 g/mol. The third-order valence-electron chi connectivity index (χ3n) is 4.40. The van der Waals surface area contributed by atoms with Crippen LogP contribution in [0, 0.1) is 17.3 Å². The lowest BCUT2D eigenvalue weighted by molar-refractivity contribution is 0.174. The Labute approximate surface area is 112 Å². The van der Waals surface area contributed by atoms with E-state index in [1.807, 2.05) is 0 Å². The van der Waals surface area contributed by atoms with Gasteiger partial charge < -0.3 is 5.73 Å². The molecule has 0 aromatic heterocycles. The first-order valence-electron chi connectivity index (χ1n) is 7.13. The summed E-state index contributed by atoms with van der Waals surface area (Å²) in [6.45, 7) is 14.1. The molecule has 0 saturated heterocycles. The van der Waals surface area contributed by atoms with Gasteiger partial charge in [-0.25, -0.2) is 0 Å². The second-order valence-electron chi connectivity index (χ2n) is 7.16. The van der Waals surface area contributed by atoms with E-state index in [0.717, 1.165) is 17.1 Å². The molecule has 1 aliphatic carbocycles. The van der Waals surface area contributed by atoms with Crippen molar-refractivity contribution in [2.24, 2.45) is 23.0 Å². The van der Waals surface area contributed by atoms with Crippen LogP contribution >= 0.6 is 11.8 Å². The van der Waals surface area contributed by atoms with Gasteiger partial charge in [0, 0.05) is 16.5 Å². The van der Waals surface area contributed by atoms with Crippen molar-refractivity contribution in [1.82, 2.24) is 0 Å². The van der Waals surface area contributed by atoms with Gasteiger partial charge in [-0.15, -0.1) is 0 Å². The number of nitrogens with two attached hydrogens (primary N) is 1. The van der Waals surface area contributed by atoms with Crippen molar-refractivity contribution in [3.63, 3.8) is 0 Å². The Morgan fingerprint density at radius 3 is 2.18 bits per heavy atom. The summed E-state index contributed by atoms with van der Waals surface area (Å²) in [5, 5.41) is 1.40. The first kappa shape index (κ1) is 15.4. The lowest BCUT2D eigenvalue weighted by atomic mass is 9.71. The molecule has 0 aromatic carbocycles. The highest BCUT2D eigenvalue weighted by Crippen LogP contribution is 2.42. The predicted molar refractivity (Wildman–Crippen MR) is 80.5 cm³/mol. The molecule has 0 bridgehead atoms. The minimum atomic E-state index is 0.416. The Morgan fingerprint density at radius 2 is 1.71 bits per heavy atom. The molecule has 0 spiro atoms. The fourth-order valence-corrected chi connectivity index (χ4v) is 4.08. The van der Waals surface area contributed by atoms with Crippen LogP contribution in [0.4, 0.5) is 0 Å². The second-order valence-corrected chi connectivity index (χ2v) is 8.78. The Hall–Kier alpha value is 0.310. The van der Waals surface area contributed by atoms with Gasteiger partial charge in [0.25, 0.3) is 0 Å². The summed E-state index contributed by atoms with van der Waals surface area (Å²) < 4.78 is 0. The first-order valence-corrected chi connectivity index (χ1v) is 8.07. The average Bonchev–Trinajstić information content (AvgIpc) is 2.19. The Kier molecular flexibility index (Phi) is 5.39. The Balaban J connectivity index is 2.58. The second kappa shape index (κ2) is 5.97. The minimum absolute atomic E-state index is 0.416. The molecular formula is C15H31NS. The highest BCUT2D eigenvalue weighted by atomic mass is 32.2. The normalized spacial score (nSPS) is 32.8. The van der Waals surface area contributed by atoms with Gasteiger partial charge in [0.05, 0.1) is 0 Å². The summed E-state index contributed by atoms with van der Waals surface area (Å²) in [7, 11) is 0. The smallest absolute Gasteiger partial charge is 0.0204 e. The van der Waals surface area contributed by atoms with E-state index in [1.54, 1.807) is 0 Å². The van der Waals surface area contributed by atoms with Gasteiger partial charge in [-0.2, -0.15) is 11.8 Å². The zero-order valence-corrected chi connectivity index (χ0v) is 13.3. The van der Waals surface area contributed by atoms with Gasteiger partial charge in [-0.1, -0.05) is 41.5 Å². The monoisotopic (exact) mass is 257 g/mol. The van der Waals surface area contributed by atoms with E-state index in [1.165, 1.54) is 19.3 Å². The van der Waals surface area contributed by atoms with Crippen LogP contribution in [0.3, 0.4) is 0 Å². The zero-order valence-electron chi connectivity index (χ0n) is 12.5. The van der Waals surface area contributed by atoms with Crippen LogP contribution in [-0.2, 0) is 0 Å². The fraction of sp³-hybridized carbons (Fsp3) is 1.00. The van der Waals surface area contributed by atoms with Crippen LogP contribution in [0.1, 0.15) is 60.8 Å². The molecule has 102 valence electrons. The topological polar surface area (TPSA) is 26.0 Å². The molecule has 2 heteroatoms. The van der Waals surface area contributed by atoms with Gasteiger partial charge in [-0.3, -0.25) is 0 Å². The summed E-state index contributed by atoms with van der Waals surface area (Å²) in [6.07, 6.45) is 3.84. The van der Waals surface area contributed by atoms with Crippen LogP contribution in [0.15, 0.2) is 0 Å². The molecule has 0 heterocycles. The highest BCUT2D eigenvalue weighted by molar-refractivity contribution is 8.00. The van der Waals surface area contributed by atoms with Crippen molar-refractivity contribution in [2.45, 2.75) is 77.3 Å². The Bertz CT molecular complexity index is 232. The zero-order chi connectivity index (χ0) is 13.2. The highest BCUT2D eigenvalue weighted by Gasteiger charge is 2.35. The number of thioether (sulfide) groups is 1. The van der Waals surface area contributed by atoms with Crippen molar-refractivity contribution >= 4 is 11.8 Å². The molecular weight excluding hydrogens is 226 g/mol. The van der Waals surface area contributed by atoms with Crippen molar-refractivity contribution in [2.75, 3.05) is 0 Å². The number of hydrogen-bond donors (Lipinski definition) is 1. The summed E-state index contributed by atoms with van der Waals surface area (Å²) in [4.78, 5) is 0. The third-order valence-corrected chi connectivity index (χ3v) is 6.26. The molecule has 17 heavy (non-hydrogen) atoms. The van der Waals surface area contributed by atoms with Crippen molar-refractivity contribution < 1.29 is 0 Å². The molecule has 1 nitrogen and oxygen atoms in total. The van der Waals surface area contributed by atoms with E-state index in [2.05, 4.69) is 53.3 Å². The van der Waals surface area contributed by atoms with Crippen LogP contribution in [0.5, 0.6) is 0 Å². The standard InChI is InChI=1S/C15H31NS/c1-10(2)11(3)17-14-9-12(15(4,5)6)7-8-13(14)16/h10-14H,7-9,16H2,1-6H3. The summed E-state index contributed by atoms with van der Waals surface area (Å²) in [6, 6.07) is 0.416. The van der Waals surface area contributed by atoms with Crippen molar-refractivity contribution in [1.29, 1.82) is 0 Å². The van der Waals surface area contributed by atoms with Gasteiger partial charge in [0.15, 0.2) is 0 Å². The first-order chi connectivity index (χ1) is 7.71. The molecule has 2 N–H and O–H groups in total. The van der Waals surface area contributed by atoms with E-state index < -0.39 is 0 Å². The van der Waals surface area contributed by atoms with E-state index in [9.17, 15) is 0 Å². The molecule has 1 saturated carbocycles. The molecule has 0 radical (unpaired) electrons. The molecule has 0 amide bonds. The molecule has 1 fully saturated rings. The van der Waals surface area contributed by atoms with E-state index in [4.69, 9.17) is 5.73 Å². The van der Waals surface area contributed by atoms with E-state index >= 15 is 0 Å². The van der Waals surface area contributed by atoms with E-state index in [-0.39, 0.29) is 0 Å². The predicted octanol–water partition coefficient (Wildman–Crippen LogP) is 4.31. The quantitative estimate of drug-likeness (QED) is 0.815. The molecule has 0 aromatic rings. The maximum absolute atomic E-state index is 6.31. The number of hydrogen-bond acceptors (Lipinski definition) is 2. The largest absolute Gasteiger partial charge is 0.327 e. The van der Waals surface area contributed by atoms with Crippen LogP contribution in [-0.4, -0.2) is 16.5 Å². The van der Waals surface area contributed by atoms with Crippen molar-refractivity contribution in [3.05, 3.63) is 0 Å². The maximum atomic E-state index is 6.31. The molecule has 4 unspecified atom stereocenters. The summed E-state index contributed by atoms with van der Waals surface area (Å²) >= 11 is 2.13. The maximum Gasteiger partial charge on any atom is 0.0204 e. The summed E-state index contributed by atoms with van der Waals surface area (Å²) in [5.41, 5.74) is 6.76. The molecule has 1 aliphatic rings. The Morgan fingerprint density at radius 1 is 1.12 bits per heavy atom. The molecule has 1 rings (SSSR count). The molecule has 0 aliphatic heterocycles. The van der Waals surface area contributed by atoms with Gasteiger partial charge in [0.1, 0.15) is 0 Å². The van der Waals surface area contributed by atoms with Gasteiger partial charge in [-0.05, 0) is 36.5 Å². The van der Waals surface area contributed by atoms with Crippen LogP contribution in [0.25, 0.3) is 0 Å². The van der Waals surface area contributed by atoms with Crippen molar-refractivity contribution in [3.8, 4) is 0 Å². The lowest BCUT2D eigenvalue weighted by Gasteiger charge is -2.41. The van der Waals surface area contributed by atoms with Gasteiger partial charge in [0.2, 0.25) is 0 Å². The third kappa shape index (κ3) is 4.48. The molecule has 4 atom stereocenters. The lowest BCUT2D eigenvalue weighted by Crippen LogP contribution is -2.42.